The molecule has 1 aromatic heterocycles. The molecule has 0 fully saturated rings. The van der Waals surface area contributed by atoms with E-state index in [1.807, 2.05) is 0 Å². The molecule has 1 heterocycles. The summed E-state index contributed by atoms with van der Waals surface area (Å²) in [5.74, 6) is -0.753. The second-order valence-corrected chi connectivity index (χ2v) is 3.44. The minimum absolute atomic E-state index is 0.0651. The first-order valence-electron chi connectivity index (χ1n) is 4.22. The maximum atomic E-state index is 12.5. The van der Waals surface area contributed by atoms with Gasteiger partial charge in [0.2, 0.25) is 0 Å². The van der Waals surface area contributed by atoms with Crippen LogP contribution in [0.15, 0.2) is 6.20 Å². The molecule has 88 valence electrons. The molecule has 0 saturated carbocycles. The first-order valence-corrected chi connectivity index (χ1v) is 5.34. The number of hydrogen-bond donors (Lipinski definition) is 1. The third-order valence-corrected chi connectivity index (χ3v) is 2.57. The van der Waals surface area contributed by atoms with E-state index in [0.717, 1.165) is 7.11 Å². The van der Waals surface area contributed by atoms with Crippen LogP contribution in [-0.4, -0.2) is 18.1 Å². The molecule has 0 aromatic carbocycles. The summed E-state index contributed by atoms with van der Waals surface area (Å²) in [6, 6.07) is 0. The number of anilines is 1. The van der Waals surface area contributed by atoms with E-state index in [0.29, 0.717) is 5.56 Å². The number of nitrogen functional groups attached to an aromatic ring is 1. The van der Waals surface area contributed by atoms with Crippen molar-refractivity contribution < 1.29 is 18.3 Å². The summed E-state index contributed by atoms with van der Waals surface area (Å²) in [6.45, 7) is 0. The molecule has 2 N–H and O–H groups in total. The van der Waals surface area contributed by atoms with Crippen LogP contribution < -0.4 is 5.73 Å². The number of methoxy groups -OCH3 is 1. The van der Waals surface area contributed by atoms with E-state index in [4.69, 9.17) is 5.73 Å². The van der Waals surface area contributed by atoms with Gasteiger partial charge in [-0.15, -0.1) is 0 Å². The first kappa shape index (κ1) is 12.8. The van der Waals surface area contributed by atoms with Gasteiger partial charge >= 0.3 is 5.97 Å². The zero-order chi connectivity index (χ0) is 12.3. The molecule has 7 heteroatoms. The Morgan fingerprint density at radius 3 is 2.75 bits per heavy atom. The van der Waals surface area contributed by atoms with E-state index in [1.165, 1.54) is 6.20 Å². The fraction of sp³-hybridized carbons (Fsp3) is 0.333. The van der Waals surface area contributed by atoms with Gasteiger partial charge in [-0.05, 0) is 5.56 Å². The van der Waals surface area contributed by atoms with E-state index >= 15 is 0 Å². The lowest BCUT2D eigenvalue weighted by Crippen LogP contribution is -2.12. The number of hydrogen-bond acceptors (Lipinski definition) is 4. The highest BCUT2D eigenvalue weighted by Crippen LogP contribution is 2.29. The third kappa shape index (κ3) is 2.29. The molecule has 0 aliphatic carbocycles. The minimum Gasteiger partial charge on any atom is -0.465 e. The summed E-state index contributed by atoms with van der Waals surface area (Å²) in [5, 5.41) is 0.276. The van der Waals surface area contributed by atoms with Crippen molar-refractivity contribution in [3.63, 3.8) is 0 Å². The summed E-state index contributed by atoms with van der Waals surface area (Å²) in [7, 11) is 1.16. The molecule has 0 aliphatic heterocycles. The van der Waals surface area contributed by atoms with Crippen molar-refractivity contribution in [1.29, 1.82) is 0 Å². The van der Waals surface area contributed by atoms with Crippen LogP contribution in [0.1, 0.15) is 28.0 Å². The number of esters is 1. The molecule has 0 saturated heterocycles. The number of carbonyl (C=O) groups is 1. The van der Waals surface area contributed by atoms with Crippen LogP contribution in [-0.2, 0) is 10.1 Å². The van der Waals surface area contributed by atoms with Crippen molar-refractivity contribution in [2.45, 2.75) is 11.8 Å². The minimum atomic E-state index is -2.83. The number of pyridine rings is 1. The normalized spacial score (nSPS) is 10.6. The summed E-state index contributed by atoms with van der Waals surface area (Å²) in [5.41, 5.74) is 4.88. The van der Waals surface area contributed by atoms with Gasteiger partial charge in [0.25, 0.3) is 6.43 Å². The van der Waals surface area contributed by atoms with Crippen LogP contribution in [0.4, 0.5) is 14.5 Å². The van der Waals surface area contributed by atoms with Crippen molar-refractivity contribution in [2.75, 3.05) is 12.8 Å². The molecule has 0 amide bonds. The lowest BCUT2D eigenvalue weighted by Gasteiger charge is -2.11. The molecule has 0 atom stereocenters. The average molecular weight is 295 g/mol. The maximum Gasteiger partial charge on any atom is 0.340 e. The van der Waals surface area contributed by atoms with Gasteiger partial charge in [-0.3, -0.25) is 4.98 Å². The van der Waals surface area contributed by atoms with Crippen LogP contribution in [0, 0.1) is 0 Å². The smallest absolute Gasteiger partial charge is 0.340 e. The van der Waals surface area contributed by atoms with E-state index in [2.05, 4.69) is 25.7 Å². The molecular formula is C9H9BrF2N2O2. The van der Waals surface area contributed by atoms with Gasteiger partial charge in [-0.1, -0.05) is 15.9 Å². The molecule has 1 rings (SSSR count). The summed E-state index contributed by atoms with van der Waals surface area (Å²) in [4.78, 5) is 14.9. The van der Waals surface area contributed by atoms with Crippen molar-refractivity contribution in [1.82, 2.24) is 4.98 Å². The lowest BCUT2D eigenvalue weighted by atomic mass is 10.1. The van der Waals surface area contributed by atoms with Gasteiger partial charge in [-0.2, -0.15) is 0 Å². The van der Waals surface area contributed by atoms with Gasteiger partial charge < -0.3 is 10.5 Å². The molecule has 0 radical (unpaired) electrons. The van der Waals surface area contributed by atoms with Crippen LogP contribution >= 0.6 is 15.9 Å². The number of rotatable bonds is 3. The Kier molecular flexibility index (Phi) is 4.17. The quantitative estimate of drug-likeness (QED) is 0.686. The number of alkyl halides is 3. The van der Waals surface area contributed by atoms with Crippen molar-refractivity contribution >= 4 is 27.6 Å². The van der Waals surface area contributed by atoms with Crippen LogP contribution in [0.3, 0.4) is 0 Å². The van der Waals surface area contributed by atoms with Crippen molar-refractivity contribution in [3.8, 4) is 0 Å². The Balaban J connectivity index is 3.40. The molecule has 0 aliphatic rings. The van der Waals surface area contributed by atoms with Gasteiger partial charge in [0, 0.05) is 11.5 Å². The second kappa shape index (κ2) is 5.20. The highest BCUT2D eigenvalue weighted by molar-refractivity contribution is 9.08. The Morgan fingerprint density at radius 2 is 2.31 bits per heavy atom. The number of halogens is 3. The number of nitrogens with two attached hydrogens (primary N) is 1. The molecule has 0 unspecified atom stereocenters. The van der Waals surface area contributed by atoms with Gasteiger partial charge in [0.1, 0.15) is 5.69 Å². The van der Waals surface area contributed by atoms with Crippen LogP contribution in [0.25, 0.3) is 0 Å². The Hall–Kier alpha value is -1.24. The number of nitrogens with zero attached hydrogens (tertiary/aromatic N) is 1. The lowest BCUT2D eigenvalue weighted by molar-refractivity contribution is 0.0600. The molecular weight excluding hydrogens is 286 g/mol. The fourth-order valence-corrected chi connectivity index (χ4v) is 1.63. The summed E-state index contributed by atoms with van der Waals surface area (Å²) < 4.78 is 29.5. The molecule has 4 nitrogen and oxygen atoms in total. The number of aromatic nitrogens is 1. The highest BCUT2D eigenvalue weighted by Gasteiger charge is 2.23. The first-order chi connectivity index (χ1) is 7.52. The maximum absolute atomic E-state index is 12.5. The Labute approximate surface area is 98.9 Å². The zero-order valence-corrected chi connectivity index (χ0v) is 9.92. The van der Waals surface area contributed by atoms with Gasteiger partial charge in [-0.25, -0.2) is 13.6 Å². The molecule has 16 heavy (non-hydrogen) atoms. The van der Waals surface area contributed by atoms with E-state index < -0.39 is 18.1 Å². The largest absolute Gasteiger partial charge is 0.465 e. The van der Waals surface area contributed by atoms with Crippen LogP contribution in [0.5, 0.6) is 0 Å². The molecule has 1 aromatic rings. The zero-order valence-electron chi connectivity index (χ0n) is 8.34. The van der Waals surface area contributed by atoms with Crippen LogP contribution in [0.2, 0.25) is 0 Å². The molecule has 0 bridgehead atoms. The monoisotopic (exact) mass is 294 g/mol. The second-order valence-electron chi connectivity index (χ2n) is 2.88. The number of ether oxygens (including phenoxy) is 1. The van der Waals surface area contributed by atoms with Gasteiger partial charge in [0.05, 0.1) is 18.4 Å². The van der Waals surface area contributed by atoms with E-state index in [-0.39, 0.29) is 16.6 Å². The Morgan fingerprint density at radius 1 is 1.69 bits per heavy atom. The van der Waals surface area contributed by atoms with Crippen molar-refractivity contribution in [2.24, 2.45) is 0 Å². The average Bonchev–Trinajstić information content (AvgIpc) is 2.26. The predicted octanol–water partition coefficient (Wildman–Crippen LogP) is 2.28. The summed E-state index contributed by atoms with van der Waals surface area (Å²) in [6.07, 6.45) is -1.65. The van der Waals surface area contributed by atoms with Gasteiger partial charge in [0.15, 0.2) is 0 Å². The SMILES string of the molecule is COC(=O)c1c(CBr)cnc(C(F)F)c1N. The topological polar surface area (TPSA) is 65.2 Å². The summed E-state index contributed by atoms with van der Waals surface area (Å²) >= 11 is 3.11. The number of carbonyl (C=O) groups excluding carboxylic acids is 1. The third-order valence-electron chi connectivity index (χ3n) is 1.97. The highest BCUT2D eigenvalue weighted by atomic mass is 79.9. The van der Waals surface area contributed by atoms with Crippen molar-refractivity contribution in [3.05, 3.63) is 23.0 Å². The molecule has 0 spiro atoms. The Bertz CT molecular complexity index is 413. The predicted molar refractivity (Wildman–Crippen MR) is 57.6 cm³/mol. The van der Waals surface area contributed by atoms with E-state index in [1.54, 1.807) is 0 Å². The fourth-order valence-electron chi connectivity index (χ4n) is 1.20. The standard InChI is InChI=1S/C9H9BrF2N2O2/c1-16-9(15)5-4(2-10)3-14-7(6(5)13)8(11)12/h3,8H,2,13H2,1H3. The van der Waals surface area contributed by atoms with E-state index in [9.17, 15) is 13.6 Å².